The van der Waals surface area contributed by atoms with Gasteiger partial charge in [0.15, 0.2) is 5.78 Å². The molecule has 0 saturated carbocycles. The molecule has 1 fully saturated rings. The van der Waals surface area contributed by atoms with Crippen molar-refractivity contribution in [2.75, 3.05) is 43.5 Å². The number of benzene rings is 2. The second kappa shape index (κ2) is 7.95. The first-order valence-electron chi connectivity index (χ1n) is 8.41. The highest BCUT2D eigenvalue weighted by Gasteiger charge is 2.20. The van der Waals surface area contributed by atoms with Gasteiger partial charge in [-0.05, 0) is 42.5 Å². The Hall–Kier alpha value is -2.62. The summed E-state index contributed by atoms with van der Waals surface area (Å²) in [5.41, 5.74) is 7.42. The molecule has 0 radical (unpaired) electrons. The van der Waals surface area contributed by atoms with Gasteiger partial charge in [0, 0.05) is 18.7 Å². The van der Waals surface area contributed by atoms with E-state index < -0.39 is 15.8 Å². The van der Waals surface area contributed by atoms with E-state index in [0.717, 1.165) is 0 Å². The van der Waals surface area contributed by atoms with Crippen LogP contribution in [0.4, 0.5) is 11.4 Å². The first-order chi connectivity index (χ1) is 12.9. The Kier molecular flexibility index (Phi) is 5.64. The largest absolute Gasteiger partial charge is 0.508 e. The number of hydrogen-bond acceptors (Lipinski definition) is 7. The van der Waals surface area contributed by atoms with Crippen LogP contribution in [0.1, 0.15) is 10.4 Å². The molecule has 4 N–H and O–H groups in total. The number of nitrogens with zero attached hydrogens (tertiary/aromatic N) is 1. The van der Waals surface area contributed by atoms with Crippen molar-refractivity contribution >= 4 is 27.2 Å². The van der Waals surface area contributed by atoms with Crippen molar-refractivity contribution in [2.45, 2.75) is 4.90 Å². The molecule has 0 atom stereocenters. The Morgan fingerprint density at radius 3 is 2.48 bits per heavy atom. The number of hydrogen-bond donors (Lipinski definition) is 3. The van der Waals surface area contributed by atoms with E-state index in [1.165, 1.54) is 36.4 Å². The zero-order valence-electron chi connectivity index (χ0n) is 14.6. The predicted molar refractivity (Wildman–Crippen MR) is 102 cm³/mol. The Morgan fingerprint density at radius 2 is 1.81 bits per heavy atom. The smallest absolute Gasteiger partial charge is 0.241 e. The van der Waals surface area contributed by atoms with Gasteiger partial charge >= 0.3 is 0 Å². The van der Waals surface area contributed by atoms with Crippen LogP contribution < -0.4 is 15.4 Å². The molecule has 0 amide bonds. The van der Waals surface area contributed by atoms with Crippen molar-refractivity contribution < 1.29 is 23.1 Å². The lowest BCUT2D eigenvalue weighted by molar-refractivity contribution is 0.0997. The number of carbonyl (C=O) groups excluding carboxylic acids is 1. The number of rotatable bonds is 6. The van der Waals surface area contributed by atoms with Gasteiger partial charge in [0.05, 0.1) is 36.0 Å². The van der Waals surface area contributed by atoms with Crippen LogP contribution in [-0.4, -0.2) is 52.2 Å². The maximum atomic E-state index is 12.6. The summed E-state index contributed by atoms with van der Waals surface area (Å²) in [4.78, 5) is 14.2. The number of ether oxygens (including phenoxy) is 1. The third-order valence-corrected chi connectivity index (χ3v) is 5.67. The zero-order chi connectivity index (χ0) is 19.4. The number of ketones is 1. The number of nitrogens with two attached hydrogens (primary N) is 1. The number of sulfonamides is 1. The summed E-state index contributed by atoms with van der Waals surface area (Å²) in [6, 6.07) is 10.1. The van der Waals surface area contributed by atoms with E-state index in [-0.39, 0.29) is 17.2 Å². The molecule has 0 spiro atoms. The molecular formula is C18H21N3O5S. The minimum absolute atomic E-state index is 0.0321. The average molecular weight is 391 g/mol. The van der Waals surface area contributed by atoms with Crippen LogP contribution in [0.5, 0.6) is 5.75 Å². The molecule has 0 bridgehead atoms. The van der Waals surface area contributed by atoms with Crippen molar-refractivity contribution in [3.63, 3.8) is 0 Å². The van der Waals surface area contributed by atoms with Gasteiger partial charge in [-0.15, -0.1) is 0 Å². The fourth-order valence-corrected chi connectivity index (χ4v) is 3.76. The number of anilines is 2. The summed E-state index contributed by atoms with van der Waals surface area (Å²) in [7, 11) is -3.88. The van der Waals surface area contributed by atoms with Gasteiger partial charge in [-0.1, -0.05) is 0 Å². The summed E-state index contributed by atoms with van der Waals surface area (Å²) in [6.07, 6.45) is 0. The van der Waals surface area contributed by atoms with Gasteiger partial charge in [0.2, 0.25) is 10.0 Å². The van der Waals surface area contributed by atoms with Gasteiger partial charge in [0.25, 0.3) is 0 Å². The fourth-order valence-electron chi connectivity index (χ4n) is 2.76. The minimum atomic E-state index is -3.88. The highest BCUT2D eigenvalue weighted by molar-refractivity contribution is 7.89. The van der Waals surface area contributed by atoms with Gasteiger partial charge in [0.1, 0.15) is 5.75 Å². The molecule has 2 aromatic carbocycles. The van der Waals surface area contributed by atoms with Crippen LogP contribution in [0.3, 0.4) is 0 Å². The molecular weight excluding hydrogens is 370 g/mol. The topological polar surface area (TPSA) is 122 Å². The van der Waals surface area contributed by atoms with Crippen LogP contribution in [0, 0.1) is 0 Å². The number of carbonyl (C=O) groups is 1. The first-order valence-corrected chi connectivity index (χ1v) is 9.89. The van der Waals surface area contributed by atoms with Crippen molar-refractivity contribution in [2.24, 2.45) is 0 Å². The fraction of sp³-hybridized carbons (Fsp3) is 0.278. The second-order valence-electron chi connectivity index (χ2n) is 6.11. The number of Topliss-reactive ketones (excluding diaryl/α,β-unsaturated/α-hetero) is 1. The second-order valence-corrected chi connectivity index (χ2v) is 7.88. The molecule has 1 aliphatic rings. The van der Waals surface area contributed by atoms with Crippen LogP contribution in [0.2, 0.25) is 0 Å². The molecule has 1 heterocycles. The lowest BCUT2D eigenvalue weighted by Gasteiger charge is -2.30. The molecule has 2 aromatic rings. The highest BCUT2D eigenvalue weighted by Crippen LogP contribution is 2.27. The van der Waals surface area contributed by atoms with Crippen molar-refractivity contribution in [1.29, 1.82) is 0 Å². The maximum absolute atomic E-state index is 12.6. The third-order valence-electron chi connectivity index (χ3n) is 4.28. The summed E-state index contributed by atoms with van der Waals surface area (Å²) in [6.45, 7) is 1.97. The molecule has 144 valence electrons. The Morgan fingerprint density at radius 1 is 1.15 bits per heavy atom. The Bertz CT molecular complexity index is 923. The van der Waals surface area contributed by atoms with E-state index in [2.05, 4.69) is 4.72 Å². The van der Waals surface area contributed by atoms with E-state index in [1.54, 1.807) is 6.07 Å². The standard InChI is InChI=1S/C18H21N3O5S/c19-16-6-5-15(11-17(16)21-7-9-26-10-8-21)27(24,25)20-12-18(23)13-1-3-14(22)4-2-13/h1-6,11,20,22H,7-10,12,19H2. The maximum Gasteiger partial charge on any atom is 0.241 e. The van der Waals surface area contributed by atoms with Gasteiger partial charge < -0.3 is 20.5 Å². The summed E-state index contributed by atoms with van der Waals surface area (Å²) < 4.78 is 32.8. The summed E-state index contributed by atoms with van der Waals surface area (Å²) in [5.74, 6) is -0.368. The lowest BCUT2D eigenvalue weighted by Crippen LogP contribution is -2.37. The quantitative estimate of drug-likeness (QED) is 0.495. The number of nitrogen functional groups attached to an aromatic ring is 1. The number of aromatic hydroxyl groups is 1. The number of nitrogens with one attached hydrogen (secondary N) is 1. The minimum Gasteiger partial charge on any atom is -0.508 e. The SMILES string of the molecule is Nc1ccc(S(=O)(=O)NCC(=O)c2ccc(O)cc2)cc1N1CCOCC1. The number of phenolic OH excluding ortho intramolecular Hbond substituents is 1. The van der Waals surface area contributed by atoms with Gasteiger partial charge in [-0.25, -0.2) is 13.1 Å². The normalized spacial score (nSPS) is 14.9. The Balaban J connectivity index is 1.74. The predicted octanol–water partition coefficient (Wildman–Crippen LogP) is 0.972. The van der Waals surface area contributed by atoms with Crippen molar-refractivity contribution in [1.82, 2.24) is 4.72 Å². The Labute approximate surface area is 157 Å². The van der Waals surface area contributed by atoms with Crippen molar-refractivity contribution in [3.05, 3.63) is 48.0 Å². The van der Waals surface area contributed by atoms with E-state index in [0.29, 0.717) is 43.2 Å². The molecule has 0 unspecified atom stereocenters. The first kappa shape index (κ1) is 19.2. The van der Waals surface area contributed by atoms with Crippen molar-refractivity contribution in [3.8, 4) is 5.75 Å². The summed E-state index contributed by atoms with van der Waals surface area (Å²) >= 11 is 0. The van der Waals surface area contributed by atoms with Gasteiger partial charge in [-0.2, -0.15) is 0 Å². The molecule has 1 aliphatic heterocycles. The van der Waals surface area contributed by atoms with Crippen LogP contribution in [0.25, 0.3) is 0 Å². The van der Waals surface area contributed by atoms with Crippen LogP contribution >= 0.6 is 0 Å². The third kappa shape index (κ3) is 4.57. The van der Waals surface area contributed by atoms with E-state index in [1.807, 2.05) is 4.90 Å². The molecule has 0 aliphatic carbocycles. The number of phenols is 1. The summed E-state index contributed by atoms with van der Waals surface area (Å²) in [5, 5.41) is 9.26. The molecule has 3 rings (SSSR count). The molecule has 9 heteroatoms. The monoisotopic (exact) mass is 391 g/mol. The highest BCUT2D eigenvalue weighted by atomic mass is 32.2. The van der Waals surface area contributed by atoms with E-state index in [4.69, 9.17) is 10.5 Å². The molecule has 27 heavy (non-hydrogen) atoms. The van der Waals surface area contributed by atoms with E-state index in [9.17, 15) is 18.3 Å². The average Bonchev–Trinajstić information content (AvgIpc) is 2.67. The van der Waals surface area contributed by atoms with Gasteiger partial charge in [-0.3, -0.25) is 4.79 Å². The van der Waals surface area contributed by atoms with Crippen LogP contribution in [-0.2, 0) is 14.8 Å². The molecule has 1 saturated heterocycles. The lowest BCUT2D eigenvalue weighted by atomic mass is 10.1. The molecule has 0 aromatic heterocycles. The molecule has 8 nitrogen and oxygen atoms in total. The van der Waals surface area contributed by atoms with Crippen LogP contribution in [0.15, 0.2) is 47.4 Å². The van der Waals surface area contributed by atoms with E-state index >= 15 is 0 Å². The number of morpholine rings is 1. The zero-order valence-corrected chi connectivity index (χ0v) is 15.4.